The third kappa shape index (κ3) is 8.56. The van der Waals surface area contributed by atoms with Crippen LogP contribution in [0, 0.1) is 0 Å². The third-order valence-electron chi connectivity index (χ3n) is 6.56. The van der Waals surface area contributed by atoms with Gasteiger partial charge in [0.25, 0.3) is 0 Å². The summed E-state index contributed by atoms with van der Waals surface area (Å²) in [6.07, 6.45) is 6.60. The van der Waals surface area contributed by atoms with Gasteiger partial charge in [-0.25, -0.2) is 0 Å². The summed E-state index contributed by atoms with van der Waals surface area (Å²) in [6, 6.07) is 30.0. The molecule has 4 heteroatoms. The number of rotatable bonds is 15. The Morgan fingerprint density at radius 3 is 1.10 bits per heavy atom. The summed E-state index contributed by atoms with van der Waals surface area (Å²) in [5.74, 6) is 2.76. The van der Waals surface area contributed by atoms with Crippen LogP contribution in [0.4, 0.5) is 0 Å². The summed E-state index contributed by atoms with van der Waals surface area (Å²) >= 11 is 1.80. The van der Waals surface area contributed by atoms with Gasteiger partial charge in [0.05, 0.1) is 19.8 Å². The van der Waals surface area contributed by atoms with Crippen molar-refractivity contribution in [2.75, 3.05) is 19.8 Å². The molecule has 0 spiro atoms. The highest BCUT2D eigenvalue weighted by Crippen LogP contribution is 2.38. The molecule has 0 unspecified atom stereocenters. The molecule has 204 valence electrons. The van der Waals surface area contributed by atoms with Gasteiger partial charge >= 0.3 is 0 Å². The number of benzene rings is 3. The summed E-state index contributed by atoms with van der Waals surface area (Å²) in [5, 5.41) is 0. The maximum Gasteiger partial charge on any atom is 0.239 e. The van der Waals surface area contributed by atoms with Crippen molar-refractivity contribution in [3.05, 3.63) is 84.9 Å². The van der Waals surface area contributed by atoms with Crippen molar-refractivity contribution in [3.8, 4) is 49.3 Å². The van der Waals surface area contributed by atoms with Crippen molar-refractivity contribution in [1.82, 2.24) is 0 Å². The molecule has 1 aromatic heterocycles. The van der Waals surface area contributed by atoms with E-state index in [9.17, 15) is 0 Å². The van der Waals surface area contributed by atoms with E-state index in [0.29, 0.717) is 0 Å². The summed E-state index contributed by atoms with van der Waals surface area (Å²) in [6.45, 7) is 8.81. The average Bonchev–Trinajstić information content (AvgIpc) is 2.98. The van der Waals surface area contributed by atoms with Crippen LogP contribution in [-0.2, 0) is 0 Å². The van der Waals surface area contributed by atoms with E-state index in [-0.39, 0.29) is 0 Å². The molecule has 0 aliphatic rings. The molecule has 0 saturated heterocycles. The topological polar surface area (TPSA) is 27.7 Å². The quantitative estimate of drug-likeness (QED) is 0.111. The van der Waals surface area contributed by atoms with Crippen LogP contribution in [0.3, 0.4) is 0 Å². The summed E-state index contributed by atoms with van der Waals surface area (Å²) in [7, 11) is 0. The van der Waals surface area contributed by atoms with Gasteiger partial charge in [0.1, 0.15) is 17.2 Å². The molecule has 0 amide bonds. The maximum atomic E-state index is 5.90. The Labute approximate surface area is 238 Å². The average molecular weight is 542 g/mol. The lowest BCUT2D eigenvalue weighted by Gasteiger charge is -2.08. The molecule has 0 saturated carbocycles. The highest BCUT2D eigenvalue weighted by Gasteiger charge is 2.20. The van der Waals surface area contributed by atoms with E-state index in [2.05, 4.69) is 106 Å². The van der Waals surface area contributed by atoms with Crippen LogP contribution in [0.2, 0.25) is 0 Å². The van der Waals surface area contributed by atoms with E-state index in [0.717, 1.165) is 75.6 Å². The molecule has 0 radical (unpaired) electrons. The molecular weight excluding hydrogens is 500 g/mol. The molecule has 1 heterocycles. The predicted octanol–water partition coefficient (Wildman–Crippen LogP) is 10.6. The van der Waals surface area contributed by atoms with E-state index in [1.165, 1.54) is 32.0 Å². The highest BCUT2D eigenvalue weighted by molar-refractivity contribution is 7.18. The SMILES string of the molecule is CCCCOc1ccc(-c2cc(-c3ccc(OCCCC)cc3)[s+]c(-c3ccc(OCCCC)cc3)c2)cc1. The summed E-state index contributed by atoms with van der Waals surface area (Å²) < 4.78 is 17.7. The van der Waals surface area contributed by atoms with E-state index in [1.54, 1.807) is 11.3 Å². The normalized spacial score (nSPS) is 10.8. The minimum Gasteiger partial charge on any atom is -0.494 e. The van der Waals surface area contributed by atoms with Crippen LogP contribution in [0.1, 0.15) is 59.3 Å². The minimum atomic E-state index is 0.757. The van der Waals surface area contributed by atoms with Gasteiger partial charge in [-0.05, 0) is 91.1 Å². The fourth-order valence-corrected chi connectivity index (χ4v) is 5.25. The Kier molecular flexibility index (Phi) is 11.2. The van der Waals surface area contributed by atoms with Crippen molar-refractivity contribution in [2.45, 2.75) is 59.3 Å². The van der Waals surface area contributed by atoms with Crippen molar-refractivity contribution >= 4 is 11.3 Å². The van der Waals surface area contributed by atoms with Crippen molar-refractivity contribution in [3.63, 3.8) is 0 Å². The van der Waals surface area contributed by atoms with E-state index in [1.807, 2.05) is 0 Å². The molecule has 39 heavy (non-hydrogen) atoms. The zero-order valence-corrected chi connectivity index (χ0v) is 24.4. The van der Waals surface area contributed by atoms with E-state index in [4.69, 9.17) is 14.2 Å². The van der Waals surface area contributed by atoms with Gasteiger partial charge in [0.2, 0.25) is 21.1 Å². The van der Waals surface area contributed by atoms with Gasteiger partial charge in [-0.1, -0.05) is 52.2 Å². The third-order valence-corrected chi connectivity index (χ3v) is 7.71. The molecule has 0 N–H and O–H groups in total. The standard InChI is InChI=1S/C35H41O3S/c1-4-7-22-36-31-16-10-27(11-17-31)30-25-34(28-12-18-32(19-13-28)37-23-8-5-2)39-35(26-30)29-14-20-33(21-15-29)38-24-9-6-3/h10-21,25-26H,4-9,22-24H2,1-3H3/q+1. The van der Waals surface area contributed by atoms with Crippen molar-refractivity contribution in [2.24, 2.45) is 0 Å². The second-order valence-electron chi connectivity index (χ2n) is 9.75. The minimum absolute atomic E-state index is 0.757. The van der Waals surface area contributed by atoms with Crippen LogP contribution in [0.15, 0.2) is 84.9 Å². The van der Waals surface area contributed by atoms with Gasteiger partial charge in [-0.3, -0.25) is 0 Å². The maximum absolute atomic E-state index is 5.90. The highest BCUT2D eigenvalue weighted by atomic mass is 32.1. The molecule has 0 atom stereocenters. The molecule has 0 aliphatic carbocycles. The molecule has 3 aromatic carbocycles. The van der Waals surface area contributed by atoms with Gasteiger partial charge in [0.15, 0.2) is 0 Å². The zero-order chi connectivity index (χ0) is 27.3. The summed E-state index contributed by atoms with van der Waals surface area (Å²) in [5.41, 5.74) is 4.73. The molecule has 4 rings (SSSR count). The number of hydrogen-bond acceptors (Lipinski definition) is 3. The Bertz CT molecular complexity index is 1090. The molecule has 0 bridgehead atoms. The van der Waals surface area contributed by atoms with Gasteiger partial charge in [-0.15, -0.1) is 0 Å². The largest absolute Gasteiger partial charge is 0.494 e. The summed E-state index contributed by atoms with van der Waals surface area (Å²) in [4.78, 5) is 2.43. The Hall–Kier alpha value is -3.37. The molecule has 3 nitrogen and oxygen atoms in total. The number of ether oxygens (including phenoxy) is 3. The lowest BCUT2D eigenvalue weighted by molar-refractivity contribution is 0.309. The first-order valence-electron chi connectivity index (χ1n) is 14.4. The van der Waals surface area contributed by atoms with E-state index >= 15 is 0 Å². The monoisotopic (exact) mass is 541 g/mol. The number of hydrogen-bond donors (Lipinski definition) is 0. The van der Waals surface area contributed by atoms with Crippen LogP contribution < -0.4 is 14.2 Å². The Morgan fingerprint density at radius 2 is 0.769 bits per heavy atom. The smallest absolute Gasteiger partial charge is 0.239 e. The molecular formula is C35H41O3S+. The van der Waals surface area contributed by atoms with Crippen LogP contribution in [0.25, 0.3) is 32.0 Å². The lowest BCUT2D eigenvalue weighted by Crippen LogP contribution is -1.96. The first kappa shape index (κ1) is 28.6. The fraction of sp³-hybridized carbons (Fsp3) is 0.343. The van der Waals surface area contributed by atoms with Gasteiger partial charge < -0.3 is 14.2 Å². The first-order valence-corrected chi connectivity index (χ1v) is 15.2. The van der Waals surface area contributed by atoms with Crippen LogP contribution in [-0.4, -0.2) is 19.8 Å². The predicted molar refractivity (Wildman–Crippen MR) is 166 cm³/mol. The number of unbranched alkanes of at least 4 members (excludes halogenated alkanes) is 3. The Morgan fingerprint density at radius 1 is 0.436 bits per heavy atom. The second kappa shape index (κ2) is 15.3. The molecule has 0 aliphatic heterocycles. The zero-order valence-electron chi connectivity index (χ0n) is 23.6. The first-order chi connectivity index (χ1) is 19.2. The van der Waals surface area contributed by atoms with Crippen LogP contribution in [0.5, 0.6) is 17.2 Å². The Balaban J connectivity index is 1.64. The fourth-order valence-electron chi connectivity index (χ4n) is 4.13. The second-order valence-corrected chi connectivity index (χ2v) is 10.8. The van der Waals surface area contributed by atoms with Gasteiger partial charge in [-0.2, -0.15) is 0 Å². The van der Waals surface area contributed by atoms with Crippen LogP contribution >= 0.6 is 11.3 Å². The molecule has 4 aromatic rings. The van der Waals surface area contributed by atoms with E-state index < -0.39 is 0 Å². The van der Waals surface area contributed by atoms with Crippen molar-refractivity contribution < 1.29 is 14.2 Å². The lowest BCUT2D eigenvalue weighted by atomic mass is 10.0. The molecule has 0 fully saturated rings. The van der Waals surface area contributed by atoms with Crippen molar-refractivity contribution in [1.29, 1.82) is 0 Å². The van der Waals surface area contributed by atoms with Gasteiger partial charge in [0, 0.05) is 23.3 Å².